The third kappa shape index (κ3) is 5.22. The van der Waals surface area contributed by atoms with Crippen LogP contribution in [-0.4, -0.2) is 30.9 Å². The summed E-state index contributed by atoms with van der Waals surface area (Å²) in [5.41, 5.74) is 1.14. The number of ether oxygens (including phenoxy) is 1. The lowest BCUT2D eigenvalue weighted by Gasteiger charge is -2.19. The van der Waals surface area contributed by atoms with Gasteiger partial charge in [0.25, 0.3) is 5.91 Å². The zero-order valence-electron chi connectivity index (χ0n) is 17.0. The van der Waals surface area contributed by atoms with E-state index in [0.29, 0.717) is 5.69 Å². The van der Waals surface area contributed by atoms with Gasteiger partial charge in [-0.15, -0.1) is 0 Å². The monoisotopic (exact) mass is 434 g/mol. The van der Waals surface area contributed by atoms with Gasteiger partial charge in [-0.1, -0.05) is 24.3 Å². The van der Waals surface area contributed by atoms with Gasteiger partial charge in [-0.3, -0.25) is 14.4 Å². The number of nitrogens with zero attached hydrogens (tertiary/aromatic N) is 1. The van der Waals surface area contributed by atoms with Crippen LogP contribution in [0.4, 0.5) is 24.5 Å². The molecule has 0 radical (unpaired) electrons. The van der Waals surface area contributed by atoms with E-state index in [-0.39, 0.29) is 18.9 Å². The Labute approximate surface area is 177 Å². The number of amides is 2. The molecule has 0 aromatic heterocycles. The Morgan fingerprint density at radius 3 is 2.58 bits per heavy atom. The van der Waals surface area contributed by atoms with Crippen molar-refractivity contribution in [2.24, 2.45) is 5.92 Å². The molecule has 2 aromatic carbocycles. The van der Waals surface area contributed by atoms with Crippen LogP contribution in [0.2, 0.25) is 0 Å². The Morgan fingerprint density at radius 2 is 1.87 bits per heavy atom. The molecule has 0 aliphatic carbocycles. The number of hydrogen-bond acceptors (Lipinski definition) is 4. The molecule has 1 saturated heterocycles. The van der Waals surface area contributed by atoms with E-state index >= 15 is 0 Å². The number of anilines is 2. The van der Waals surface area contributed by atoms with Crippen molar-refractivity contribution in [1.82, 2.24) is 0 Å². The average Bonchev–Trinajstić information content (AvgIpc) is 3.09. The van der Waals surface area contributed by atoms with Gasteiger partial charge in [-0.05, 0) is 43.2 Å². The second-order valence-corrected chi connectivity index (χ2v) is 7.39. The lowest BCUT2D eigenvalue weighted by Crippen LogP contribution is -2.29. The number of benzene rings is 2. The van der Waals surface area contributed by atoms with E-state index < -0.39 is 41.8 Å². The summed E-state index contributed by atoms with van der Waals surface area (Å²) in [5, 5.41) is 2.11. The Balaban J connectivity index is 1.59. The summed E-state index contributed by atoms with van der Waals surface area (Å²) in [6.45, 7) is 3.11. The highest BCUT2D eigenvalue weighted by Crippen LogP contribution is 2.34. The largest absolute Gasteiger partial charge is 0.455 e. The first-order valence-electron chi connectivity index (χ1n) is 9.56. The van der Waals surface area contributed by atoms with Crippen molar-refractivity contribution in [3.05, 3.63) is 59.2 Å². The normalized spacial score (nSPS) is 16.4. The van der Waals surface area contributed by atoms with Crippen LogP contribution in [0.15, 0.2) is 42.5 Å². The molecule has 31 heavy (non-hydrogen) atoms. The summed E-state index contributed by atoms with van der Waals surface area (Å²) in [5.74, 6) is -2.65. The second kappa shape index (κ2) is 8.79. The number of esters is 1. The molecule has 0 saturated carbocycles. The first-order chi connectivity index (χ1) is 14.6. The second-order valence-electron chi connectivity index (χ2n) is 7.39. The van der Waals surface area contributed by atoms with Crippen LogP contribution in [0, 0.1) is 19.8 Å². The van der Waals surface area contributed by atoms with Gasteiger partial charge >= 0.3 is 12.1 Å². The maximum absolute atomic E-state index is 13.0. The van der Waals surface area contributed by atoms with Crippen molar-refractivity contribution in [2.75, 3.05) is 23.4 Å². The Morgan fingerprint density at radius 1 is 1.16 bits per heavy atom. The lowest BCUT2D eigenvalue weighted by molar-refractivity contribution is -0.151. The first kappa shape index (κ1) is 22.3. The standard InChI is InChI=1S/C22H21F3N2O4/c1-13-7-8-14(2)18(9-13)27-11-15(10-20(27)29)21(30)31-12-19(28)26-17-6-4-3-5-16(17)22(23,24)25/h3-9,15H,10-12H2,1-2H3,(H,26,28)/t15-/m0/s1. The Kier molecular flexibility index (Phi) is 6.33. The summed E-state index contributed by atoms with van der Waals surface area (Å²) in [7, 11) is 0. The van der Waals surface area contributed by atoms with E-state index in [2.05, 4.69) is 5.32 Å². The summed E-state index contributed by atoms with van der Waals surface area (Å²) in [6, 6.07) is 10.2. The van der Waals surface area contributed by atoms with Crippen LogP contribution >= 0.6 is 0 Å². The smallest absolute Gasteiger partial charge is 0.418 e. The maximum atomic E-state index is 13.0. The zero-order valence-corrected chi connectivity index (χ0v) is 17.0. The minimum atomic E-state index is -4.64. The molecule has 0 unspecified atom stereocenters. The molecule has 0 bridgehead atoms. The molecule has 9 heteroatoms. The zero-order chi connectivity index (χ0) is 22.8. The third-order valence-electron chi connectivity index (χ3n) is 4.97. The summed E-state index contributed by atoms with van der Waals surface area (Å²) in [4.78, 5) is 38.3. The molecule has 1 N–H and O–H groups in total. The quantitative estimate of drug-likeness (QED) is 0.726. The van der Waals surface area contributed by atoms with Crippen LogP contribution in [0.1, 0.15) is 23.1 Å². The van der Waals surface area contributed by atoms with Crippen molar-refractivity contribution in [2.45, 2.75) is 26.4 Å². The molecule has 1 aliphatic rings. The van der Waals surface area contributed by atoms with Crippen molar-refractivity contribution in [1.29, 1.82) is 0 Å². The number of hydrogen-bond donors (Lipinski definition) is 1. The van der Waals surface area contributed by atoms with E-state index in [1.54, 1.807) is 0 Å². The predicted octanol–water partition coefficient (Wildman–Crippen LogP) is 3.86. The number of nitrogens with one attached hydrogen (secondary N) is 1. The molecule has 2 amide bonds. The molecule has 1 aliphatic heterocycles. The van der Waals surface area contributed by atoms with Gasteiger partial charge in [-0.25, -0.2) is 0 Å². The summed E-state index contributed by atoms with van der Waals surface area (Å²) < 4.78 is 44.0. The number of carbonyl (C=O) groups is 3. The van der Waals surface area contributed by atoms with Gasteiger partial charge < -0.3 is 15.0 Å². The van der Waals surface area contributed by atoms with Crippen molar-refractivity contribution in [3.63, 3.8) is 0 Å². The minimum absolute atomic E-state index is 0.0647. The molecular weight excluding hydrogens is 413 g/mol. The highest BCUT2D eigenvalue weighted by molar-refractivity contribution is 6.00. The van der Waals surface area contributed by atoms with Crippen LogP contribution in [0.3, 0.4) is 0 Å². The van der Waals surface area contributed by atoms with Gasteiger partial charge in [0.05, 0.1) is 17.2 Å². The van der Waals surface area contributed by atoms with Crippen molar-refractivity contribution < 1.29 is 32.3 Å². The molecule has 164 valence electrons. The van der Waals surface area contributed by atoms with Crippen LogP contribution < -0.4 is 10.2 Å². The van der Waals surface area contributed by atoms with Gasteiger partial charge in [-0.2, -0.15) is 13.2 Å². The highest BCUT2D eigenvalue weighted by atomic mass is 19.4. The molecular formula is C22H21F3N2O4. The van der Waals surface area contributed by atoms with Crippen LogP contribution in [0.5, 0.6) is 0 Å². The van der Waals surface area contributed by atoms with E-state index in [1.807, 2.05) is 32.0 Å². The minimum Gasteiger partial charge on any atom is -0.455 e. The van der Waals surface area contributed by atoms with E-state index in [4.69, 9.17) is 4.74 Å². The summed E-state index contributed by atoms with van der Waals surface area (Å²) in [6.07, 6.45) is -4.70. The fraction of sp³-hybridized carbons (Fsp3) is 0.318. The lowest BCUT2D eigenvalue weighted by atomic mass is 10.1. The number of alkyl halides is 3. The fourth-order valence-corrected chi connectivity index (χ4v) is 3.39. The van der Waals surface area contributed by atoms with E-state index in [1.165, 1.54) is 17.0 Å². The number of carbonyl (C=O) groups excluding carboxylic acids is 3. The number of halogens is 3. The predicted molar refractivity (Wildman–Crippen MR) is 107 cm³/mol. The average molecular weight is 434 g/mol. The first-order valence-corrected chi connectivity index (χ1v) is 9.56. The molecule has 0 spiro atoms. The van der Waals surface area contributed by atoms with Crippen molar-refractivity contribution in [3.8, 4) is 0 Å². The van der Waals surface area contributed by atoms with Gasteiger partial charge in [0.1, 0.15) is 0 Å². The van der Waals surface area contributed by atoms with Crippen LogP contribution in [0.25, 0.3) is 0 Å². The van der Waals surface area contributed by atoms with Gasteiger partial charge in [0, 0.05) is 18.7 Å². The van der Waals surface area contributed by atoms with Gasteiger partial charge in [0.2, 0.25) is 5.91 Å². The van der Waals surface area contributed by atoms with E-state index in [0.717, 1.165) is 23.3 Å². The molecule has 1 atom stereocenters. The molecule has 1 fully saturated rings. The number of aryl methyl sites for hydroxylation is 2. The molecule has 1 heterocycles. The SMILES string of the molecule is Cc1ccc(C)c(N2C[C@@H](C(=O)OCC(=O)Nc3ccccc3C(F)(F)F)CC2=O)c1. The summed E-state index contributed by atoms with van der Waals surface area (Å²) >= 11 is 0. The molecule has 6 nitrogen and oxygen atoms in total. The number of rotatable bonds is 5. The van der Waals surface area contributed by atoms with Crippen molar-refractivity contribution >= 4 is 29.2 Å². The molecule has 3 rings (SSSR count). The fourth-order valence-electron chi connectivity index (χ4n) is 3.39. The highest BCUT2D eigenvalue weighted by Gasteiger charge is 2.37. The number of para-hydroxylation sites is 1. The molecule has 2 aromatic rings. The van der Waals surface area contributed by atoms with Gasteiger partial charge in [0.15, 0.2) is 6.61 Å². The topological polar surface area (TPSA) is 75.7 Å². The maximum Gasteiger partial charge on any atom is 0.418 e. The van der Waals surface area contributed by atoms with E-state index in [9.17, 15) is 27.6 Å². The Bertz CT molecular complexity index is 1020. The Hall–Kier alpha value is -3.36. The third-order valence-corrected chi connectivity index (χ3v) is 4.97. The van der Waals surface area contributed by atoms with Crippen LogP contribution in [-0.2, 0) is 25.3 Å².